The Hall–Kier alpha value is -1.75. The number of nitrogens with one attached hydrogen (secondary N) is 1. The zero-order valence-electron chi connectivity index (χ0n) is 14.4. The number of carbonyl (C=O) groups is 1. The first-order valence-corrected chi connectivity index (χ1v) is 8.45. The monoisotopic (exact) mass is 320 g/mol. The largest absolute Gasteiger partial charge is 0.497 e. The lowest BCUT2D eigenvalue weighted by atomic mass is 10.0. The Labute approximate surface area is 139 Å². The minimum Gasteiger partial charge on any atom is -0.497 e. The van der Waals surface area contributed by atoms with Gasteiger partial charge in [-0.15, -0.1) is 0 Å². The van der Waals surface area contributed by atoms with Gasteiger partial charge in [-0.3, -0.25) is 4.79 Å². The number of hydrogen-bond donors (Lipinski definition) is 1. The Bertz CT molecular complexity index is 482. The second kappa shape index (κ2) is 8.77. The van der Waals surface area contributed by atoms with Crippen molar-refractivity contribution in [2.45, 2.75) is 45.3 Å². The molecule has 1 fully saturated rings. The van der Waals surface area contributed by atoms with E-state index in [0.717, 1.165) is 38.2 Å². The van der Waals surface area contributed by atoms with E-state index in [1.54, 1.807) is 14.0 Å². The normalized spacial score (nSPS) is 17.5. The second-order valence-corrected chi connectivity index (χ2v) is 6.06. The molecule has 5 heteroatoms. The topological polar surface area (TPSA) is 50.8 Å². The van der Waals surface area contributed by atoms with Crippen LogP contribution < -0.4 is 14.8 Å². The van der Waals surface area contributed by atoms with Crippen LogP contribution in [0, 0.1) is 0 Å². The fourth-order valence-corrected chi connectivity index (χ4v) is 2.85. The minimum atomic E-state index is -0.503. The first-order chi connectivity index (χ1) is 11.1. The smallest absolute Gasteiger partial charge is 0.260 e. The molecule has 1 aromatic rings. The molecular formula is C18H28N2O3. The summed E-state index contributed by atoms with van der Waals surface area (Å²) < 4.78 is 10.8. The predicted octanol–water partition coefficient (Wildman–Crippen LogP) is 2.45. The lowest BCUT2D eigenvalue weighted by Crippen LogP contribution is -2.48. The molecule has 1 amide bonds. The highest BCUT2D eigenvalue weighted by Crippen LogP contribution is 2.18. The van der Waals surface area contributed by atoms with Crippen molar-refractivity contribution in [2.75, 3.05) is 26.7 Å². The van der Waals surface area contributed by atoms with Gasteiger partial charge in [-0.1, -0.05) is 6.92 Å². The van der Waals surface area contributed by atoms with Crippen LogP contribution in [0.5, 0.6) is 11.5 Å². The van der Waals surface area contributed by atoms with Gasteiger partial charge in [-0.2, -0.15) is 0 Å². The first kappa shape index (κ1) is 17.6. The number of nitrogens with zero attached hydrogens (tertiary/aromatic N) is 1. The van der Waals surface area contributed by atoms with E-state index >= 15 is 0 Å². The molecule has 1 saturated heterocycles. The van der Waals surface area contributed by atoms with E-state index in [1.165, 1.54) is 6.42 Å². The first-order valence-electron chi connectivity index (χ1n) is 8.45. The zero-order valence-corrected chi connectivity index (χ0v) is 14.4. The van der Waals surface area contributed by atoms with Crippen molar-refractivity contribution >= 4 is 5.91 Å². The third-order valence-electron chi connectivity index (χ3n) is 4.22. The molecule has 0 radical (unpaired) electrons. The van der Waals surface area contributed by atoms with E-state index in [-0.39, 0.29) is 11.9 Å². The maximum Gasteiger partial charge on any atom is 0.260 e. The standard InChI is InChI=1S/C18H28N2O3/c1-4-11-20-12-9-15(10-13-20)19-18(21)14(2)23-17-7-5-16(22-3)6-8-17/h5-8,14-15H,4,9-13H2,1-3H3,(H,19,21). The Morgan fingerprint density at radius 1 is 1.26 bits per heavy atom. The van der Waals surface area contributed by atoms with Crippen molar-refractivity contribution < 1.29 is 14.3 Å². The van der Waals surface area contributed by atoms with Crippen LogP contribution in [0.1, 0.15) is 33.1 Å². The summed E-state index contributed by atoms with van der Waals surface area (Å²) in [5.41, 5.74) is 0. The highest BCUT2D eigenvalue weighted by molar-refractivity contribution is 5.81. The van der Waals surface area contributed by atoms with Gasteiger partial charge in [0.15, 0.2) is 6.10 Å². The third-order valence-corrected chi connectivity index (χ3v) is 4.22. The number of likely N-dealkylation sites (tertiary alicyclic amines) is 1. The molecule has 1 aliphatic heterocycles. The van der Waals surface area contributed by atoms with Crippen LogP contribution in [0.2, 0.25) is 0 Å². The summed E-state index contributed by atoms with van der Waals surface area (Å²) in [6.07, 6.45) is 2.71. The summed E-state index contributed by atoms with van der Waals surface area (Å²) >= 11 is 0. The molecule has 1 aromatic carbocycles. The van der Waals surface area contributed by atoms with Crippen LogP contribution in [-0.2, 0) is 4.79 Å². The van der Waals surface area contributed by atoms with Crippen LogP contribution >= 0.6 is 0 Å². The summed E-state index contributed by atoms with van der Waals surface area (Å²) in [7, 11) is 1.62. The molecule has 1 heterocycles. The van der Waals surface area contributed by atoms with E-state index in [9.17, 15) is 4.79 Å². The number of hydrogen-bond acceptors (Lipinski definition) is 4. The number of methoxy groups -OCH3 is 1. The average Bonchev–Trinajstić information content (AvgIpc) is 2.57. The van der Waals surface area contributed by atoms with E-state index in [4.69, 9.17) is 9.47 Å². The van der Waals surface area contributed by atoms with E-state index < -0.39 is 6.10 Å². The van der Waals surface area contributed by atoms with Crippen molar-refractivity contribution in [1.29, 1.82) is 0 Å². The van der Waals surface area contributed by atoms with Gasteiger partial charge in [0, 0.05) is 19.1 Å². The van der Waals surface area contributed by atoms with Crippen LogP contribution in [-0.4, -0.2) is 49.7 Å². The maximum absolute atomic E-state index is 12.3. The van der Waals surface area contributed by atoms with Crippen LogP contribution in [0.3, 0.4) is 0 Å². The minimum absolute atomic E-state index is 0.0465. The van der Waals surface area contributed by atoms with Crippen LogP contribution in [0.15, 0.2) is 24.3 Å². The van der Waals surface area contributed by atoms with E-state index in [0.29, 0.717) is 5.75 Å². The molecule has 1 unspecified atom stereocenters. The van der Waals surface area contributed by atoms with Gasteiger partial charge in [0.05, 0.1) is 7.11 Å². The summed E-state index contributed by atoms with van der Waals surface area (Å²) in [5.74, 6) is 1.40. The summed E-state index contributed by atoms with van der Waals surface area (Å²) in [6.45, 7) is 7.26. The van der Waals surface area contributed by atoms with Gasteiger partial charge in [0.2, 0.25) is 0 Å². The number of carbonyl (C=O) groups excluding carboxylic acids is 1. The van der Waals surface area contributed by atoms with Crippen molar-refractivity contribution in [3.8, 4) is 11.5 Å². The predicted molar refractivity (Wildman–Crippen MR) is 91.0 cm³/mol. The van der Waals surface area contributed by atoms with Crippen molar-refractivity contribution in [1.82, 2.24) is 10.2 Å². The molecule has 1 N–H and O–H groups in total. The Balaban J connectivity index is 1.76. The van der Waals surface area contributed by atoms with Crippen molar-refractivity contribution in [2.24, 2.45) is 0 Å². The van der Waals surface area contributed by atoms with Gasteiger partial charge in [-0.25, -0.2) is 0 Å². The van der Waals surface area contributed by atoms with Crippen molar-refractivity contribution in [3.05, 3.63) is 24.3 Å². The van der Waals surface area contributed by atoms with Gasteiger partial charge in [-0.05, 0) is 57.0 Å². The number of benzene rings is 1. The number of ether oxygens (including phenoxy) is 2. The highest BCUT2D eigenvalue weighted by atomic mass is 16.5. The lowest BCUT2D eigenvalue weighted by Gasteiger charge is -2.32. The fraction of sp³-hybridized carbons (Fsp3) is 0.611. The summed E-state index contributed by atoms with van der Waals surface area (Å²) in [5, 5.41) is 3.11. The highest BCUT2D eigenvalue weighted by Gasteiger charge is 2.23. The number of piperidine rings is 1. The maximum atomic E-state index is 12.3. The molecule has 1 atom stereocenters. The molecule has 0 saturated carbocycles. The molecule has 1 aliphatic rings. The van der Waals surface area contributed by atoms with Gasteiger partial charge in [0.25, 0.3) is 5.91 Å². The molecular weight excluding hydrogens is 292 g/mol. The molecule has 2 rings (SSSR count). The van der Waals surface area contributed by atoms with Crippen molar-refractivity contribution in [3.63, 3.8) is 0 Å². The third kappa shape index (κ3) is 5.43. The number of rotatable bonds is 7. The summed E-state index contributed by atoms with van der Waals surface area (Å²) in [6, 6.07) is 7.53. The van der Waals surface area contributed by atoms with Gasteiger partial charge >= 0.3 is 0 Å². The molecule has 5 nitrogen and oxygen atoms in total. The molecule has 0 bridgehead atoms. The molecule has 128 valence electrons. The number of amides is 1. The van der Waals surface area contributed by atoms with Crippen LogP contribution in [0.25, 0.3) is 0 Å². The fourth-order valence-electron chi connectivity index (χ4n) is 2.85. The lowest BCUT2D eigenvalue weighted by molar-refractivity contribution is -0.128. The van der Waals surface area contributed by atoms with Crippen LogP contribution in [0.4, 0.5) is 0 Å². The Morgan fingerprint density at radius 3 is 2.43 bits per heavy atom. The molecule has 0 aromatic heterocycles. The summed E-state index contributed by atoms with van der Waals surface area (Å²) in [4.78, 5) is 14.7. The van der Waals surface area contributed by atoms with Gasteiger partial charge < -0.3 is 19.7 Å². The second-order valence-electron chi connectivity index (χ2n) is 6.06. The van der Waals surface area contributed by atoms with E-state index in [1.807, 2.05) is 24.3 Å². The molecule has 23 heavy (non-hydrogen) atoms. The van der Waals surface area contributed by atoms with E-state index in [2.05, 4.69) is 17.1 Å². The van der Waals surface area contributed by atoms with Gasteiger partial charge in [0.1, 0.15) is 11.5 Å². The Morgan fingerprint density at radius 2 is 1.87 bits per heavy atom. The molecule has 0 aliphatic carbocycles. The SMILES string of the molecule is CCCN1CCC(NC(=O)C(C)Oc2ccc(OC)cc2)CC1. The molecule has 0 spiro atoms. The zero-order chi connectivity index (χ0) is 16.7. The quantitative estimate of drug-likeness (QED) is 0.838. The Kier molecular flexibility index (Phi) is 6.71. The average molecular weight is 320 g/mol.